The van der Waals surface area contributed by atoms with Gasteiger partial charge in [-0.1, -0.05) is 48.5 Å². The standard InChI is InChI=1S/C28H26N4O2/c33-28(29-23-13-15-25(16-14-23)34-24-11-5-2-6-12-24)22-10-7-19-32(20-22)27-18-17-26(30-31-27)21-8-3-1-4-9-21/h1-6,8-9,11-18,22H,7,10,19-20H2,(H,29,33). The van der Waals surface area contributed by atoms with Crippen LogP contribution < -0.4 is 15.0 Å². The number of nitrogens with zero attached hydrogens (tertiary/aromatic N) is 3. The Balaban J connectivity index is 1.19. The van der Waals surface area contributed by atoms with Crippen LogP contribution in [0.3, 0.4) is 0 Å². The quantitative estimate of drug-likeness (QED) is 0.403. The molecule has 1 N–H and O–H groups in total. The van der Waals surface area contributed by atoms with E-state index in [4.69, 9.17) is 4.74 Å². The van der Waals surface area contributed by atoms with Crippen molar-refractivity contribution < 1.29 is 9.53 Å². The van der Waals surface area contributed by atoms with E-state index >= 15 is 0 Å². The molecule has 4 aromatic rings. The molecule has 1 atom stereocenters. The molecule has 0 spiro atoms. The lowest BCUT2D eigenvalue weighted by atomic mass is 9.97. The van der Waals surface area contributed by atoms with E-state index in [0.29, 0.717) is 6.54 Å². The minimum atomic E-state index is -0.107. The zero-order valence-corrected chi connectivity index (χ0v) is 18.8. The Bertz CT molecular complexity index is 1210. The van der Waals surface area contributed by atoms with Gasteiger partial charge in [0.1, 0.15) is 11.5 Å². The molecular formula is C28H26N4O2. The minimum absolute atomic E-state index is 0.0234. The number of para-hydroxylation sites is 1. The Kier molecular flexibility index (Phi) is 6.47. The molecule has 34 heavy (non-hydrogen) atoms. The van der Waals surface area contributed by atoms with Crippen molar-refractivity contribution in [1.82, 2.24) is 10.2 Å². The number of ether oxygens (including phenoxy) is 1. The molecule has 0 radical (unpaired) electrons. The number of carbonyl (C=O) groups excluding carboxylic acids is 1. The van der Waals surface area contributed by atoms with Crippen molar-refractivity contribution in [2.24, 2.45) is 5.92 Å². The predicted octanol–water partition coefficient (Wildman–Crippen LogP) is 5.79. The number of aromatic nitrogens is 2. The Morgan fingerprint density at radius 2 is 1.53 bits per heavy atom. The highest BCUT2D eigenvalue weighted by atomic mass is 16.5. The summed E-state index contributed by atoms with van der Waals surface area (Å²) in [6.07, 6.45) is 1.79. The van der Waals surface area contributed by atoms with Gasteiger partial charge in [0.05, 0.1) is 11.6 Å². The fourth-order valence-corrected chi connectivity index (χ4v) is 4.13. The fourth-order valence-electron chi connectivity index (χ4n) is 4.13. The average Bonchev–Trinajstić information content (AvgIpc) is 2.91. The highest BCUT2D eigenvalue weighted by molar-refractivity contribution is 5.93. The maximum absolute atomic E-state index is 13.0. The van der Waals surface area contributed by atoms with Crippen molar-refractivity contribution in [1.29, 1.82) is 0 Å². The van der Waals surface area contributed by atoms with E-state index in [2.05, 4.69) is 20.4 Å². The van der Waals surface area contributed by atoms with Gasteiger partial charge in [-0.3, -0.25) is 4.79 Å². The Morgan fingerprint density at radius 3 is 2.24 bits per heavy atom. The number of anilines is 2. The van der Waals surface area contributed by atoms with Crippen LogP contribution >= 0.6 is 0 Å². The van der Waals surface area contributed by atoms with E-state index in [-0.39, 0.29) is 11.8 Å². The van der Waals surface area contributed by atoms with Gasteiger partial charge in [0.25, 0.3) is 0 Å². The average molecular weight is 451 g/mol. The number of benzene rings is 3. The van der Waals surface area contributed by atoms with E-state index in [1.54, 1.807) is 0 Å². The molecule has 0 bridgehead atoms. The van der Waals surface area contributed by atoms with E-state index in [9.17, 15) is 4.79 Å². The second-order valence-electron chi connectivity index (χ2n) is 8.36. The third kappa shape index (κ3) is 5.23. The van der Waals surface area contributed by atoms with E-state index in [1.165, 1.54) is 0 Å². The number of hydrogen-bond acceptors (Lipinski definition) is 5. The SMILES string of the molecule is O=C(Nc1ccc(Oc2ccccc2)cc1)C1CCCN(c2ccc(-c3ccccc3)nn2)C1. The van der Waals surface area contributed by atoms with E-state index in [1.807, 2.05) is 97.1 Å². The minimum Gasteiger partial charge on any atom is -0.457 e. The smallest absolute Gasteiger partial charge is 0.229 e. The van der Waals surface area contributed by atoms with Gasteiger partial charge in [0.2, 0.25) is 5.91 Å². The first-order chi connectivity index (χ1) is 16.7. The summed E-state index contributed by atoms with van der Waals surface area (Å²) < 4.78 is 5.82. The van der Waals surface area contributed by atoms with Gasteiger partial charge in [-0.2, -0.15) is 0 Å². The normalized spacial score (nSPS) is 15.5. The van der Waals surface area contributed by atoms with Crippen LogP contribution in [-0.4, -0.2) is 29.2 Å². The van der Waals surface area contributed by atoms with Crippen LogP contribution in [0.4, 0.5) is 11.5 Å². The first kappa shape index (κ1) is 21.6. The molecule has 1 amide bonds. The molecule has 0 saturated carbocycles. The van der Waals surface area contributed by atoms with Gasteiger partial charge in [0.15, 0.2) is 5.82 Å². The summed E-state index contributed by atoms with van der Waals surface area (Å²) in [5, 5.41) is 11.9. The molecule has 170 valence electrons. The van der Waals surface area contributed by atoms with Gasteiger partial charge < -0.3 is 15.0 Å². The van der Waals surface area contributed by atoms with Crippen LogP contribution in [0.2, 0.25) is 0 Å². The largest absolute Gasteiger partial charge is 0.457 e. The van der Waals surface area contributed by atoms with Crippen LogP contribution in [0.5, 0.6) is 11.5 Å². The summed E-state index contributed by atoms with van der Waals surface area (Å²) in [5.41, 5.74) is 2.64. The predicted molar refractivity (Wildman–Crippen MR) is 134 cm³/mol. The van der Waals surface area contributed by atoms with Crippen molar-refractivity contribution in [3.63, 3.8) is 0 Å². The summed E-state index contributed by atoms with van der Waals surface area (Å²) in [7, 11) is 0. The molecule has 1 saturated heterocycles. The third-order valence-electron chi connectivity index (χ3n) is 5.94. The van der Waals surface area contributed by atoms with Crippen LogP contribution in [0.15, 0.2) is 97.1 Å². The highest BCUT2D eigenvalue weighted by Crippen LogP contribution is 2.26. The summed E-state index contributed by atoms with van der Waals surface area (Å²) in [5.74, 6) is 2.23. The number of carbonyl (C=O) groups is 1. The van der Waals surface area contributed by atoms with Gasteiger partial charge in [0, 0.05) is 24.3 Å². The van der Waals surface area contributed by atoms with E-state index in [0.717, 1.165) is 53.6 Å². The highest BCUT2D eigenvalue weighted by Gasteiger charge is 2.27. The summed E-state index contributed by atoms with van der Waals surface area (Å²) in [4.78, 5) is 15.1. The zero-order valence-electron chi connectivity index (χ0n) is 18.8. The van der Waals surface area contributed by atoms with Crippen LogP contribution in [0.1, 0.15) is 12.8 Å². The number of nitrogens with one attached hydrogen (secondary N) is 1. The topological polar surface area (TPSA) is 67.3 Å². The molecule has 5 rings (SSSR count). The van der Waals surface area contributed by atoms with Gasteiger partial charge >= 0.3 is 0 Å². The Morgan fingerprint density at radius 1 is 0.824 bits per heavy atom. The first-order valence-electron chi connectivity index (χ1n) is 11.5. The number of rotatable bonds is 6. The van der Waals surface area contributed by atoms with Gasteiger partial charge in [-0.05, 0) is 61.4 Å². The zero-order chi connectivity index (χ0) is 23.2. The summed E-state index contributed by atoms with van der Waals surface area (Å²) in [6, 6.07) is 31.1. The van der Waals surface area contributed by atoms with Gasteiger partial charge in [-0.15, -0.1) is 10.2 Å². The van der Waals surface area contributed by atoms with E-state index < -0.39 is 0 Å². The van der Waals surface area contributed by atoms with Crippen molar-refractivity contribution in [3.8, 4) is 22.8 Å². The maximum Gasteiger partial charge on any atom is 0.229 e. The Labute approximate surface area is 199 Å². The molecular weight excluding hydrogens is 424 g/mol. The van der Waals surface area contributed by atoms with Crippen molar-refractivity contribution in [3.05, 3.63) is 97.1 Å². The van der Waals surface area contributed by atoms with Crippen LogP contribution in [0, 0.1) is 5.92 Å². The van der Waals surface area contributed by atoms with Crippen molar-refractivity contribution in [2.75, 3.05) is 23.3 Å². The van der Waals surface area contributed by atoms with Crippen LogP contribution in [-0.2, 0) is 4.79 Å². The molecule has 1 unspecified atom stereocenters. The Hall–Kier alpha value is -4.19. The second-order valence-corrected chi connectivity index (χ2v) is 8.36. The molecule has 3 aromatic carbocycles. The van der Waals surface area contributed by atoms with Crippen molar-refractivity contribution >= 4 is 17.4 Å². The van der Waals surface area contributed by atoms with Crippen molar-refractivity contribution in [2.45, 2.75) is 12.8 Å². The number of piperidine rings is 1. The summed E-state index contributed by atoms with van der Waals surface area (Å²) >= 11 is 0. The first-order valence-corrected chi connectivity index (χ1v) is 11.5. The molecule has 1 aromatic heterocycles. The lowest BCUT2D eigenvalue weighted by Crippen LogP contribution is -2.41. The molecule has 1 aliphatic rings. The lowest BCUT2D eigenvalue weighted by molar-refractivity contribution is -0.120. The number of hydrogen-bond donors (Lipinski definition) is 1. The molecule has 0 aliphatic carbocycles. The maximum atomic E-state index is 13.0. The molecule has 1 fully saturated rings. The summed E-state index contributed by atoms with van der Waals surface area (Å²) in [6.45, 7) is 1.50. The third-order valence-corrected chi connectivity index (χ3v) is 5.94. The lowest BCUT2D eigenvalue weighted by Gasteiger charge is -2.32. The molecule has 2 heterocycles. The fraction of sp³-hybridized carbons (Fsp3) is 0.179. The molecule has 6 nitrogen and oxygen atoms in total. The second kappa shape index (κ2) is 10.2. The molecule has 1 aliphatic heterocycles. The van der Waals surface area contributed by atoms with Crippen LogP contribution in [0.25, 0.3) is 11.3 Å². The van der Waals surface area contributed by atoms with Gasteiger partial charge in [-0.25, -0.2) is 0 Å². The number of amides is 1. The molecule has 6 heteroatoms. The monoisotopic (exact) mass is 450 g/mol.